The highest BCUT2D eigenvalue weighted by molar-refractivity contribution is 4.38. The zero-order valence-corrected chi connectivity index (χ0v) is 3.59. The molecule has 0 aliphatic carbocycles. The molecule has 2 nitrogen and oxygen atoms in total. The normalized spacial score (nSPS) is 5.00. The molecule has 0 aliphatic heterocycles. The number of hydrogen-bond donors (Lipinski definition) is 2. The maximum Gasteiger partial charge on any atom is 0.0719 e. The van der Waals surface area contributed by atoms with E-state index in [1.165, 1.54) is 0 Å². The van der Waals surface area contributed by atoms with Crippen LogP contribution in [0.4, 0.5) is 0 Å². The fourth-order valence-electron chi connectivity index (χ4n) is 0. The summed E-state index contributed by atoms with van der Waals surface area (Å²) in [5.41, 5.74) is 0. The summed E-state index contributed by atoms with van der Waals surface area (Å²) in [7, 11) is 0. The first-order valence-electron chi connectivity index (χ1n) is 1.48. The van der Waals surface area contributed by atoms with Crippen LogP contribution in [0.5, 0.6) is 0 Å². The summed E-state index contributed by atoms with van der Waals surface area (Å²) < 4.78 is 0. The van der Waals surface area contributed by atoms with Crippen molar-refractivity contribution in [2.75, 3.05) is 6.61 Å². The lowest BCUT2D eigenvalue weighted by Crippen LogP contribution is -1.58. The molecule has 0 amide bonds. The van der Waals surface area contributed by atoms with E-state index in [9.17, 15) is 0 Å². The van der Waals surface area contributed by atoms with Gasteiger partial charge < -0.3 is 10.2 Å². The van der Waals surface area contributed by atoms with Crippen LogP contribution in [0.1, 0.15) is 0 Å². The molecular formula is C4H9O2. The second kappa shape index (κ2) is 24.5. The number of rotatable bonds is 0. The molecule has 0 rings (SSSR count). The number of aliphatic hydroxyl groups is 2. The number of aliphatic hydroxyl groups excluding tert-OH is 2. The van der Waals surface area contributed by atoms with Gasteiger partial charge in [0.2, 0.25) is 0 Å². The Hall–Kier alpha value is -0.500. The lowest BCUT2D eigenvalue weighted by Gasteiger charge is -1.52. The van der Waals surface area contributed by atoms with E-state index in [2.05, 4.69) is 13.5 Å². The molecule has 0 atom stereocenters. The van der Waals surface area contributed by atoms with Gasteiger partial charge in [-0.3, -0.25) is 0 Å². The van der Waals surface area contributed by atoms with Crippen LogP contribution in [0.2, 0.25) is 0 Å². The third-order valence-electron chi connectivity index (χ3n) is 0. The highest BCUT2D eigenvalue weighted by Gasteiger charge is 1.35. The monoisotopic (exact) mass is 89.1 g/mol. The molecule has 0 saturated carbocycles. The molecule has 0 fully saturated rings. The highest BCUT2D eigenvalue weighted by Crippen LogP contribution is 1.28. The van der Waals surface area contributed by atoms with Crippen LogP contribution in [-0.2, 0) is 0 Å². The Bertz CT molecular complexity index is 19.5. The smallest absolute Gasteiger partial charge is 0.0719 e. The fraction of sp³-hybridized carbons (Fsp3) is 0.250. The van der Waals surface area contributed by atoms with Gasteiger partial charge >= 0.3 is 0 Å². The molecule has 37 valence electrons. The second-order valence-corrected chi connectivity index (χ2v) is 0.406. The van der Waals surface area contributed by atoms with Gasteiger partial charge in [0.1, 0.15) is 0 Å². The van der Waals surface area contributed by atoms with Gasteiger partial charge in [0.25, 0.3) is 0 Å². The van der Waals surface area contributed by atoms with Crippen LogP contribution in [-0.4, -0.2) is 16.8 Å². The van der Waals surface area contributed by atoms with Crippen LogP contribution in [0.25, 0.3) is 0 Å². The zero-order valence-electron chi connectivity index (χ0n) is 3.59. The molecule has 2 heteroatoms. The second-order valence-electron chi connectivity index (χ2n) is 0.406. The minimum absolute atomic E-state index is 0. The fourth-order valence-corrected chi connectivity index (χ4v) is 0. The first-order chi connectivity index (χ1) is 2.83. The van der Waals surface area contributed by atoms with Crippen LogP contribution in [0, 0.1) is 6.92 Å². The van der Waals surface area contributed by atoms with Crippen LogP contribution >= 0.6 is 0 Å². The maximum atomic E-state index is 7.46. The highest BCUT2D eigenvalue weighted by atomic mass is 16.2. The maximum absolute atomic E-state index is 7.46. The van der Waals surface area contributed by atoms with Crippen molar-refractivity contribution < 1.29 is 10.2 Å². The van der Waals surface area contributed by atoms with E-state index >= 15 is 0 Å². The molecular weight excluding hydrogens is 80.0 g/mol. The molecule has 0 heterocycles. The summed E-state index contributed by atoms with van der Waals surface area (Å²) in [6, 6.07) is 0. The van der Waals surface area contributed by atoms with Crippen molar-refractivity contribution >= 4 is 0 Å². The lowest BCUT2D eigenvalue weighted by atomic mass is 10.9. The van der Waals surface area contributed by atoms with Crippen LogP contribution in [0.3, 0.4) is 0 Å². The third kappa shape index (κ3) is 87.5. The Morgan fingerprint density at radius 2 is 1.67 bits per heavy atom. The molecule has 2 N–H and O–H groups in total. The Morgan fingerprint density at radius 3 is 1.67 bits per heavy atom. The van der Waals surface area contributed by atoms with Crippen molar-refractivity contribution in [1.29, 1.82) is 0 Å². The van der Waals surface area contributed by atoms with E-state index in [0.29, 0.717) is 0 Å². The molecule has 0 aromatic heterocycles. The summed E-state index contributed by atoms with van der Waals surface area (Å²) >= 11 is 0. The first-order valence-corrected chi connectivity index (χ1v) is 1.48. The van der Waals surface area contributed by atoms with Crippen molar-refractivity contribution in [1.82, 2.24) is 0 Å². The average Bonchev–Trinajstić information content (AvgIpc) is 1.39. The van der Waals surface area contributed by atoms with Gasteiger partial charge in [-0.25, -0.2) is 0 Å². The first kappa shape index (κ1) is 9.09. The summed E-state index contributed by atoms with van der Waals surface area (Å²) in [6.07, 6.45) is 0.750. The van der Waals surface area contributed by atoms with Crippen molar-refractivity contribution in [2.45, 2.75) is 0 Å². The van der Waals surface area contributed by atoms with E-state index in [0.717, 1.165) is 6.26 Å². The van der Waals surface area contributed by atoms with Crippen LogP contribution in [0.15, 0.2) is 12.8 Å². The van der Waals surface area contributed by atoms with E-state index in [1.807, 2.05) is 0 Å². The van der Waals surface area contributed by atoms with Crippen molar-refractivity contribution in [2.24, 2.45) is 0 Å². The molecule has 0 bridgehead atoms. The van der Waals surface area contributed by atoms with E-state index < -0.39 is 0 Å². The van der Waals surface area contributed by atoms with E-state index in [1.54, 1.807) is 0 Å². The minimum atomic E-state index is 0. The van der Waals surface area contributed by atoms with Gasteiger partial charge in [-0.1, -0.05) is 6.58 Å². The Balaban J connectivity index is 0. The summed E-state index contributed by atoms with van der Waals surface area (Å²) in [4.78, 5) is 0. The van der Waals surface area contributed by atoms with Gasteiger partial charge in [0.05, 0.1) is 6.26 Å². The van der Waals surface area contributed by atoms with E-state index in [-0.39, 0.29) is 6.61 Å². The average molecular weight is 89.1 g/mol. The van der Waals surface area contributed by atoms with Gasteiger partial charge in [-0.15, -0.1) is 0 Å². The molecule has 6 heavy (non-hydrogen) atoms. The molecule has 0 aromatic rings. The molecule has 0 saturated heterocycles. The number of hydrogen-bond acceptors (Lipinski definition) is 2. The predicted molar refractivity (Wildman–Crippen MR) is 25.3 cm³/mol. The lowest BCUT2D eigenvalue weighted by molar-refractivity contribution is 0.341. The van der Waals surface area contributed by atoms with E-state index in [4.69, 9.17) is 10.2 Å². The molecule has 0 unspecified atom stereocenters. The SMILES string of the molecule is C=CO.[CH2]CO. The van der Waals surface area contributed by atoms with Gasteiger partial charge in [0, 0.05) is 6.61 Å². The van der Waals surface area contributed by atoms with Gasteiger partial charge in [-0.05, 0) is 6.92 Å². The zero-order chi connectivity index (χ0) is 5.41. The predicted octanol–water partition coefficient (Wildman–Crippen LogP) is 0.501. The van der Waals surface area contributed by atoms with Crippen molar-refractivity contribution in [3.05, 3.63) is 19.8 Å². The molecule has 0 spiro atoms. The topological polar surface area (TPSA) is 40.5 Å². The van der Waals surface area contributed by atoms with Crippen LogP contribution < -0.4 is 0 Å². The quantitative estimate of drug-likeness (QED) is 0.424. The summed E-state index contributed by atoms with van der Waals surface area (Å²) in [6.45, 7) is 5.96. The van der Waals surface area contributed by atoms with Gasteiger partial charge in [0.15, 0.2) is 0 Å². The Kier molecular flexibility index (Phi) is 37.1. The largest absolute Gasteiger partial charge is 0.516 e. The molecule has 0 aliphatic rings. The Labute approximate surface area is 37.7 Å². The standard InChI is InChI=1S/C2H5O.C2H4O/c2*1-2-3/h3H,1-2H2;2-3H,1H2. The third-order valence-corrected chi connectivity index (χ3v) is 0. The summed E-state index contributed by atoms with van der Waals surface area (Å²) in [5, 5.41) is 14.8. The van der Waals surface area contributed by atoms with Gasteiger partial charge in [-0.2, -0.15) is 0 Å². The molecule has 0 aromatic carbocycles. The summed E-state index contributed by atoms with van der Waals surface area (Å²) in [5.74, 6) is 0. The van der Waals surface area contributed by atoms with Crippen molar-refractivity contribution in [3.63, 3.8) is 0 Å². The van der Waals surface area contributed by atoms with Crippen molar-refractivity contribution in [3.8, 4) is 0 Å². The minimum Gasteiger partial charge on any atom is -0.516 e. The molecule has 1 radical (unpaired) electrons. The Morgan fingerprint density at radius 1 is 1.67 bits per heavy atom.